The Bertz CT molecular complexity index is 701. The lowest BCUT2D eigenvalue weighted by molar-refractivity contribution is 0.123. The first-order valence-electron chi connectivity index (χ1n) is 9.27. The molecule has 0 radical (unpaired) electrons. The van der Waals surface area contributed by atoms with Crippen molar-refractivity contribution in [2.45, 2.75) is 25.5 Å². The van der Waals surface area contributed by atoms with Crippen molar-refractivity contribution < 1.29 is 14.3 Å². The van der Waals surface area contributed by atoms with Crippen LogP contribution >= 0.6 is 15.9 Å². The molecule has 27 heavy (non-hydrogen) atoms. The van der Waals surface area contributed by atoms with E-state index in [1.54, 1.807) is 0 Å². The number of halogens is 1. The molecule has 5 nitrogen and oxygen atoms in total. The number of benzene rings is 2. The molecule has 1 fully saturated rings. The lowest BCUT2D eigenvalue weighted by atomic mass is 10.1. The fraction of sp³-hybridized carbons (Fsp3) is 0.381. The third kappa shape index (κ3) is 6.88. The standard InChI is InChI=1S/C21H25BrN2O3/c22-18-6-8-20(9-7-18)26-15-14-24-12-10-19(11-13-24)23-21(25)27-16-17-4-2-1-3-5-17/h1-9,19H,10-16H2,(H,23,25). The highest BCUT2D eigenvalue weighted by molar-refractivity contribution is 9.10. The number of piperidine rings is 1. The van der Waals surface area contributed by atoms with Crippen LogP contribution in [0.25, 0.3) is 0 Å². The van der Waals surface area contributed by atoms with Gasteiger partial charge < -0.3 is 14.8 Å². The Morgan fingerprint density at radius 3 is 2.48 bits per heavy atom. The molecule has 2 aromatic rings. The Hall–Kier alpha value is -2.05. The summed E-state index contributed by atoms with van der Waals surface area (Å²) in [4.78, 5) is 14.3. The van der Waals surface area contributed by atoms with E-state index < -0.39 is 0 Å². The topological polar surface area (TPSA) is 50.8 Å². The van der Waals surface area contributed by atoms with E-state index >= 15 is 0 Å². The third-order valence-corrected chi connectivity index (χ3v) is 5.14. The van der Waals surface area contributed by atoms with Gasteiger partial charge in [-0.05, 0) is 42.7 Å². The van der Waals surface area contributed by atoms with E-state index in [0.717, 1.165) is 48.3 Å². The second-order valence-electron chi connectivity index (χ2n) is 6.62. The van der Waals surface area contributed by atoms with Crippen LogP contribution in [0.1, 0.15) is 18.4 Å². The molecule has 144 valence electrons. The molecule has 2 aromatic carbocycles. The zero-order valence-electron chi connectivity index (χ0n) is 15.3. The summed E-state index contributed by atoms with van der Waals surface area (Å²) in [6.45, 7) is 3.76. The van der Waals surface area contributed by atoms with Crippen molar-refractivity contribution in [3.8, 4) is 5.75 Å². The Morgan fingerprint density at radius 1 is 1.07 bits per heavy atom. The summed E-state index contributed by atoms with van der Waals surface area (Å²) in [5.41, 5.74) is 0.994. The highest BCUT2D eigenvalue weighted by Crippen LogP contribution is 2.16. The highest BCUT2D eigenvalue weighted by atomic mass is 79.9. The molecule has 0 atom stereocenters. The van der Waals surface area contributed by atoms with Crippen LogP contribution in [-0.4, -0.2) is 43.3 Å². The number of alkyl carbamates (subject to hydrolysis) is 1. The normalized spacial score (nSPS) is 15.3. The van der Waals surface area contributed by atoms with Crippen LogP contribution in [0.3, 0.4) is 0 Å². The lowest BCUT2D eigenvalue weighted by Gasteiger charge is -2.31. The molecular weight excluding hydrogens is 408 g/mol. The fourth-order valence-corrected chi connectivity index (χ4v) is 3.32. The van der Waals surface area contributed by atoms with E-state index in [-0.39, 0.29) is 12.1 Å². The van der Waals surface area contributed by atoms with Crippen molar-refractivity contribution in [1.82, 2.24) is 10.2 Å². The summed E-state index contributed by atoms with van der Waals surface area (Å²) >= 11 is 3.42. The minimum atomic E-state index is -0.337. The van der Waals surface area contributed by atoms with Crippen molar-refractivity contribution in [2.24, 2.45) is 0 Å². The van der Waals surface area contributed by atoms with Crippen molar-refractivity contribution in [2.75, 3.05) is 26.2 Å². The van der Waals surface area contributed by atoms with Gasteiger partial charge in [0.1, 0.15) is 19.0 Å². The molecule has 0 aliphatic carbocycles. The number of amides is 1. The number of rotatable bonds is 7. The van der Waals surface area contributed by atoms with Crippen LogP contribution in [-0.2, 0) is 11.3 Å². The number of carbonyl (C=O) groups excluding carboxylic acids is 1. The molecular formula is C21H25BrN2O3. The van der Waals surface area contributed by atoms with E-state index in [1.165, 1.54) is 0 Å². The van der Waals surface area contributed by atoms with Gasteiger partial charge in [-0.1, -0.05) is 46.3 Å². The largest absolute Gasteiger partial charge is 0.492 e. The molecule has 1 heterocycles. The molecule has 1 amide bonds. The highest BCUT2D eigenvalue weighted by Gasteiger charge is 2.21. The van der Waals surface area contributed by atoms with E-state index in [2.05, 4.69) is 26.1 Å². The number of carbonyl (C=O) groups is 1. The summed E-state index contributed by atoms with van der Waals surface area (Å²) < 4.78 is 12.1. The molecule has 1 aliphatic rings. The van der Waals surface area contributed by atoms with Gasteiger partial charge in [0.05, 0.1) is 0 Å². The third-order valence-electron chi connectivity index (χ3n) is 4.61. The molecule has 0 aromatic heterocycles. The molecule has 0 spiro atoms. The van der Waals surface area contributed by atoms with Gasteiger partial charge in [-0.25, -0.2) is 4.79 Å². The number of hydrogen-bond acceptors (Lipinski definition) is 4. The molecule has 6 heteroatoms. The van der Waals surface area contributed by atoms with E-state index in [9.17, 15) is 4.79 Å². The quantitative estimate of drug-likeness (QED) is 0.711. The predicted molar refractivity (Wildman–Crippen MR) is 109 cm³/mol. The van der Waals surface area contributed by atoms with E-state index in [0.29, 0.717) is 13.2 Å². The average Bonchev–Trinajstić information content (AvgIpc) is 2.70. The van der Waals surface area contributed by atoms with Crippen LogP contribution in [0.15, 0.2) is 59.1 Å². The predicted octanol–water partition coefficient (Wildman–Crippen LogP) is 4.22. The van der Waals surface area contributed by atoms with Crippen LogP contribution in [0.5, 0.6) is 5.75 Å². The van der Waals surface area contributed by atoms with E-state index in [1.807, 2.05) is 54.6 Å². The molecule has 1 saturated heterocycles. The van der Waals surface area contributed by atoms with Crippen LogP contribution in [0, 0.1) is 0 Å². The molecule has 1 aliphatic heterocycles. The average molecular weight is 433 g/mol. The maximum atomic E-state index is 11.9. The number of ether oxygens (including phenoxy) is 2. The number of hydrogen-bond donors (Lipinski definition) is 1. The van der Waals surface area contributed by atoms with Gasteiger partial charge in [0.15, 0.2) is 0 Å². The minimum absolute atomic E-state index is 0.178. The van der Waals surface area contributed by atoms with E-state index in [4.69, 9.17) is 9.47 Å². The van der Waals surface area contributed by atoms with Gasteiger partial charge in [0.25, 0.3) is 0 Å². The second-order valence-corrected chi connectivity index (χ2v) is 7.54. The van der Waals surface area contributed by atoms with Crippen molar-refractivity contribution >= 4 is 22.0 Å². The first-order valence-corrected chi connectivity index (χ1v) is 10.1. The fourth-order valence-electron chi connectivity index (χ4n) is 3.06. The maximum Gasteiger partial charge on any atom is 0.407 e. The molecule has 3 rings (SSSR count). The first kappa shape index (κ1) is 19.7. The number of likely N-dealkylation sites (tertiary alicyclic amines) is 1. The monoisotopic (exact) mass is 432 g/mol. The van der Waals surface area contributed by atoms with Gasteiger partial charge in [-0.2, -0.15) is 0 Å². The van der Waals surface area contributed by atoms with Crippen molar-refractivity contribution in [3.63, 3.8) is 0 Å². The van der Waals surface area contributed by atoms with Gasteiger partial charge in [0.2, 0.25) is 0 Å². The number of nitrogens with zero attached hydrogens (tertiary/aromatic N) is 1. The van der Waals surface area contributed by atoms with Crippen LogP contribution in [0.2, 0.25) is 0 Å². The summed E-state index contributed by atoms with van der Waals surface area (Å²) in [6.07, 6.45) is 1.52. The second kappa shape index (κ2) is 10.3. The molecule has 0 saturated carbocycles. The summed E-state index contributed by atoms with van der Waals surface area (Å²) in [7, 11) is 0. The zero-order chi connectivity index (χ0) is 18.9. The van der Waals surface area contributed by atoms with Gasteiger partial charge in [-0.15, -0.1) is 0 Å². The molecule has 0 unspecified atom stereocenters. The Labute approximate surface area is 168 Å². The Kier molecular flexibility index (Phi) is 7.54. The van der Waals surface area contributed by atoms with Crippen molar-refractivity contribution in [3.05, 3.63) is 64.6 Å². The zero-order valence-corrected chi connectivity index (χ0v) is 16.9. The number of nitrogens with one attached hydrogen (secondary N) is 1. The van der Waals surface area contributed by atoms with Gasteiger partial charge >= 0.3 is 6.09 Å². The molecule has 1 N–H and O–H groups in total. The molecule has 0 bridgehead atoms. The SMILES string of the molecule is O=C(NC1CCN(CCOc2ccc(Br)cc2)CC1)OCc1ccccc1. The first-order chi connectivity index (χ1) is 13.2. The summed E-state index contributed by atoms with van der Waals surface area (Å²) in [6, 6.07) is 17.8. The van der Waals surface area contributed by atoms with Gasteiger partial charge in [0, 0.05) is 30.1 Å². The van der Waals surface area contributed by atoms with Gasteiger partial charge in [-0.3, -0.25) is 4.90 Å². The maximum absolute atomic E-state index is 11.9. The van der Waals surface area contributed by atoms with Crippen LogP contribution < -0.4 is 10.1 Å². The van der Waals surface area contributed by atoms with Crippen molar-refractivity contribution in [1.29, 1.82) is 0 Å². The lowest BCUT2D eigenvalue weighted by Crippen LogP contribution is -2.45. The Morgan fingerprint density at radius 2 is 1.78 bits per heavy atom. The summed E-state index contributed by atoms with van der Waals surface area (Å²) in [5, 5.41) is 2.97. The van der Waals surface area contributed by atoms with Crippen LogP contribution in [0.4, 0.5) is 4.79 Å². The minimum Gasteiger partial charge on any atom is -0.492 e. The smallest absolute Gasteiger partial charge is 0.407 e. The summed E-state index contributed by atoms with van der Waals surface area (Å²) in [5.74, 6) is 0.885. The Balaban J connectivity index is 1.29.